The van der Waals surface area contributed by atoms with Crippen LogP contribution in [-0.4, -0.2) is 0 Å². The highest BCUT2D eigenvalue weighted by Gasteiger charge is 2.23. The summed E-state index contributed by atoms with van der Waals surface area (Å²) < 4.78 is 8.79. The normalized spacial score (nSPS) is 14.1. The number of hydrogen-bond donors (Lipinski definition) is 0. The van der Waals surface area contributed by atoms with Crippen molar-refractivity contribution in [2.45, 2.75) is 38.5 Å². The molecule has 0 spiro atoms. The molecule has 2 heterocycles. The largest absolute Gasteiger partial charge is 0.456 e. The molecule has 6 rings (SSSR count). The topological polar surface area (TPSA) is 21.4 Å². The smallest absolute Gasteiger partial charge is 0.216 e. The molecule has 1 aliphatic carbocycles. The van der Waals surface area contributed by atoms with Crippen molar-refractivity contribution in [2.75, 3.05) is 0 Å². The summed E-state index contributed by atoms with van der Waals surface area (Å²) in [5.74, 6) is 0.696. The van der Waals surface area contributed by atoms with Gasteiger partial charge in [0.25, 0.3) is 0 Å². The molecule has 3 nitrogen and oxygen atoms in total. The van der Waals surface area contributed by atoms with Gasteiger partial charge < -0.3 is 4.42 Å². The van der Waals surface area contributed by atoms with E-state index < -0.39 is 0 Å². The van der Waals surface area contributed by atoms with E-state index >= 15 is 0 Å². The first-order chi connectivity index (χ1) is 16.7. The number of rotatable bonds is 3. The Morgan fingerprint density at radius 2 is 1.71 bits per heavy atom. The minimum absolute atomic E-state index is 0.632. The number of nitrogens with zero attached hydrogens (tertiary/aromatic N) is 2. The van der Waals surface area contributed by atoms with E-state index in [0.717, 1.165) is 49.9 Å². The van der Waals surface area contributed by atoms with E-state index in [9.17, 15) is 0 Å². The third-order valence-corrected chi connectivity index (χ3v) is 7.45. The van der Waals surface area contributed by atoms with Crippen molar-refractivity contribution in [1.82, 2.24) is 0 Å². The lowest BCUT2D eigenvalue weighted by atomic mass is 9.94. The van der Waals surface area contributed by atoms with Crippen LogP contribution in [0.4, 0.5) is 5.69 Å². The highest BCUT2D eigenvalue weighted by atomic mass is 16.3. The van der Waals surface area contributed by atoms with Crippen LogP contribution in [0.5, 0.6) is 0 Å². The maximum absolute atomic E-state index is 7.81. The van der Waals surface area contributed by atoms with Gasteiger partial charge in [-0.1, -0.05) is 61.4 Å². The van der Waals surface area contributed by atoms with Gasteiger partial charge in [-0.25, -0.2) is 9.41 Å². The van der Waals surface area contributed by atoms with Crippen molar-refractivity contribution < 1.29 is 8.98 Å². The number of benzene rings is 3. The summed E-state index contributed by atoms with van der Waals surface area (Å²) in [5.41, 5.74) is 9.20. The van der Waals surface area contributed by atoms with E-state index in [4.69, 9.17) is 11.0 Å². The summed E-state index contributed by atoms with van der Waals surface area (Å²) in [6.45, 7) is 9.93. The van der Waals surface area contributed by atoms with Crippen LogP contribution in [0.25, 0.3) is 49.2 Å². The Balaban J connectivity index is 1.60. The van der Waals surface area contributed by atoms with Crippen LogP contribution in [0.2, 0.25) is 0 Å². The van der Waals surface area contributed by atoms with E-state index in [-0.39, 0.29) is 0 Å². The first-order valence-corrected chi connectivity index (χ1v) is 12.1. The van der Waals surface area contributed by atoms with Crippen LogP contribution in [0.15, 0.2) is 77.3 Å². The molecule has 1 fully saturated rings. The van der Waals surface area contributed by atoms with Crippen molar-refractivity contribution in [3.63, 3.8) is 0 Å². The van der Waals surface area contributed by atoms with E-state index in [1.165, 1.54) is 31.2 Å². The Kier molecular flexibility index (Phi) is 4.96. The van der Waals surface area contributed by atoms with Crippen LogP contribution in [0, 0.1) is 13.5 Å². The number of aryl methyl sites for hydroxylation is 2. The Bertz CT molecular complexity index is 1580. The van der Waals surface area contributed by atoms with Gasteiger partial charge in [-0.05, 0) is 48.4 Å². The van der Waals surface area contributed by atoms with Crippen molar-refractivity contribution >= 4 is 27.6 Å². The van der Waals surface area contributed by atoms with Crippen LogP contribution in [0.3, 0.4) is 0 Å². The lowest BCUT2D eigenvalue weighted by Crippen LogP contribution is -2.30. The van der Waals surface area contributed by atoms with Crippen molar-refractivity contribution in [3.8, 4) is 22.4 Å². The molecule has 34 heavy (non-hydrogen) atoms. The van der Waals surface area contributed by atoms with Gasteiger partial charge in [0, 0.05) is 28.5 Å². The SMILES string of the molecule is [C-]#[N+]c1ccc(-c2ccc(C3CCCC3)cc2)c2oc3c(-c4cccc[n+]4C)c(C)ccc3c12. The zero-order valence-electron chi connectivity index (χ0n) is 19.6. The summed E-state index contributed by atoms with van der Waals surface area (Å²) >= 11 is 0. The molecule has 0 unspecified atom stereocenters. The van der Waals surface area contributed by atoms with Crippen LogP contribution in [-0.2, 0) is 7.05 Å². The Morgan fingerprint density at radius 3 is 2.44 bits per heavy atom. The molecule has 0 atom stereocenters. The molecule has 0 saturated heterocycles. The average molecular weight is 444 g/mol. The highest BCUT2D eigenvalue weighted by Crippen LogP contribution is 2.45. The number of fused-ring (bicyclic) bond motifs is 3. The van der Waals surface area contributed by atoms with Gasteiger partial charge in [0.15, 0.2) is 11.9 Å². The van der Waals surface area contributed by atoms with E-state index in [1.54, 1.807) is 0 Å². The minimum Gasteiger partial charge on any atom is -0.456 e. The molecule has 3 aromatic carbocycles. The molecule has 166 valence electrons. The molecular weight excluding hydrogens is 416 g/mol. The first-order valence-electron chi connectivity index (χ1n) is 12.1. The molecule has 1 saturated carbocycles. The average Bonchev–Trinajstić information content (AvgIpc) is 3.53. The van der Waals surface area contributed by atoms with Crippen molar-refractivity contribution in [1.29, 1.82) is 0 Å². The monoisotopic (exact) mass is 443 g/mol. The molecule has 5 aromatic rings. The maximum atomic E-state index is 7.81. The van der Waals surface area contributed by atoms with Gasteiger partial charge in [-0.2, -0.15) is 0 Å². The second-order valence-corrected chi connectivity index (χ2v) is 9.48. The number of aromatic nitrogens is 1. The number of furan rings is 1. The highest BCUT2D eigenvalue weighted by molar-refractivity contribution is 6.18. The molecular formula is C31H27N2O+. The van der Waals surface area contributed by atoms with Crippen LogP contribution in [0.1, 0.15) is 42.7 Å². The van der Waals surface area contributed by atoms with Gasteiger partial charge in [-0.3, -0.25) is 0 Å². The van der Waals surface area contributed by atoms with Gasteiger partial charge in [0.1, 0.15) is 18.2 Å². The zero-order chi connectivity index (χ0) is 23.2. The first kappa shape index (κ1) is 20.7. The minimum atomic E-state index is 0.632. The van der Waals surface area contributed by atoms with Gasteiger partial charge >= 0.3 is 0 Å². The van der Waals surface area contributed by atoms with Crippen molar-refractivity contribution in [2.24, 2.45) is 7.05 Å². The lowest BCUT2D eigenvalue weighted by molar-refractivity contribution is -0.660. The number of pyridine rings is 1. The molecule has 0 radical (unpaired) electrons. The summed E-state index contributed by atoms with van der Waals surface area (Å²) in [7, 11) is 2.05. The molecule has 2 aromatic heterocycles. The molecule has 0 N–H and O–H groups in total. The van der Waals surface area contributed by atoms with E-state index in [1.807, 2.05) is 18.2 Å². The Labute approximate surface area is 200 Å². The van der Waals surface area contributed by atoms with Crippen LogP contribution < -0.4 is 4.57 Å². The van der Waals surface area contributed by atoms with Crippen molar-refractivity contribution in [3.05, 3.63) is 95.5 Å². The Hall–Kier alpha value is -3.90. The zero-order valence-corrected chi connectivity index (χ0v) is 19.6. The predicted octanol–water partition coefficient (Wildman–Crippen LogP) is 8.26. The van der Waals surface area contributed by atoms with Gasteiger partial charge in [-0.15, -0.1) is 0 Å². The molecule has 0 amide bonds. The summed E-state index contributed by atoms with van der Waals surface area (Å²) in [4.78, 5) is 3.85. The van der Waals surface area contributed by atoms with Crippen LogP contribution >= 0.6 is 0 Å². The van der Waals surface area contributed by atoms with E-state index in [2.05, 4.69) is 78.1 Å². The van der Waals surface area contributed by atoms with Gasteiger partial charge in [0.05, 0.1) is 12.1 Å². The summed E-state index contributed by atoms with van der Waals surface area (Å²) in [6.07, 6.45) is 7.33. The predicted molar refractivity (Wildman–Crippen MR) is 138 cm³/mol. The fourth-order valence-corrected chi connectivity index (χ4v) is 5.64. The lowest BCUT2D eigenvalue weighted by Gasteiger charge is -2.11. The molecule has 1 aliphatic rings. The second-order valence-electron chi connectivity index (χ2n) is 9.48. The fourth-order valence-electron chi connectivity index (χ4n) is 5.64. The molecule has 0 aliphatic heterocycles. The standard InChI is InChI=1S/C31H27N2O/c1-20-11-16-25-29-26(32-2)18-17-24(23-14-12-22(13-15-23)21-8-4-5-9-21)30(29)34-31(25)28(20)27-10-6-7-19-33(27)3/h6-7,10-19,21H,4-5,8-9H2,1,3H3/q+1. The quantitative estimate of drug-likeness (QED) is 0.203. The van der Waals surface area contributed by atoms with E-state index in [0.29, 0.717) is 11.6 Å². The molecule has 0 bridgehead atoms. The fraction of sp³-hybridized carbons (Fsp3) is 0.226. The Morgan fingerprint density at radius 1 is 0.912 bits per heavy atom. The summed E-state index contributed by atoms with van der Waals surface area (Å²) in [5, 5.41) is 1.90. The summed E-state index contributed by atoms with van der Waals surface area (Å²) in [6, 6.07) is 23.4. The van der Waals surface area contributed by atoms with Gasteiger partial charge in [0.2, 0.25) is 5.69 Å². The third kappa shape index (κ3) is 3.22. The number of hydrogen-bond acceptors (Lipinski definition) is 1. The second kappa shape index (κ2) is 8.15. The maximum Gasteiger partial charge on any atom is 0.216 e. The third-order valence-electron chi connectivity index (χ3n) is 7.45. The molecule has 3 heteroatoms.